The quantitative estimate of drug-likeness (QED) is 0.870. The summed E-state index contributed by atoms with van der Waals surface area (Å²) in [6.07, 6.45) is 0.929. The van der Waals surface area contributed by atoms with Crippen molar-refractivity contribution in [2.45, 2.75) is 66.8 Å². The summed E-state index contributed by atoms with van der Waals surface area (Å²) in [4.78, 5) is 4.75. The van der Waals surface area contributed by atoms with Gasteiger partial charge >= 0.3 is 0 Å². The number of hydrogen-bond donors (Lipinski definition) is 1. The molecule has 1 aromatic rings. The van der Waals surface area contributed by atoms with Crippen molar-refractivity contribution in [2.75, 3.05) is 5.73 Å². The van der Waals surface area contributed by atoms with E-state index >= 15 is 0 Å². The summed E-state index contributed by atoms with van der Waals surface area (Å²) >= 11 is 0. The number of imidazole rings is 1. The third-order valence-corrected chi connectivity index (χ3v) is 2.78. The van der Waals surface area contributed by atoms with E-state index in [4.69, 9.17) is 10.7 Å². The molecule has 0 radical (unpaired) electrons. The minimum atomic E-state index is 0.221. The molecule has 0 atom stereocenters. The molecule has 98 valence electrons. The topological polar surface area (TPSA) is 43.8 Å². The first-order valence-corrected chi connectivity index (χ1v) is 6.50. The van der Waals surface area contributed by atoms with Crippen molar-refractivity contribution < 1.29 is 0 Å². The van der Waals surface area contributed by atoms with Crippen LogP contribution in [0.3, 0.4) is 0 Å². The van der Waals surface area contributed by atoms with E-state index in [9.17, 15) is 0 Å². The Hall–Kier alpha value is -0.990. The number of nitrogens with zero attached hydrogens (tertiary/aromatic N) is 2. The molecule has 0 aliphatic carbocycles. The fourth-order valence-corrected chi connectivity index (χ4v) is 2.09. The second kappa shape index (κ2) is 4.71. The van der Waals surface area contributed by atoms with Crippen LogP contribution in [-0.2, 0) is 6.42 Å². The van der Waals surface area contributed by atoms with Gasteiger partial charge in [-0.25, -0.2) is 4.98 Å². The summed E-state index contributed by atoms with van der Waals surface area (Å²) in [5.41, 5.74) is 7.52. The number of hydrogen-bond acceptors (Lipinski definition) is 2. The summed E-state index contributed by atoms with van der Waals surface area (Å²) in [7, 11) is 0. The minimum Gasteiger partial charge on any atom is -0.384 e. The molecule has 3 heteroatoms. The van der Waals surface area contributed by atoms with Gasteiger partial charge in [-0.2, -0.15) is 0 Å². The lowest BCUT2D eigenvalue weighted by atomic mass is 9.90. The van der Waals surface area contributed by atoms with E-state index < -0.39 is 0 Å². The van der Waals surface area contributed by atoms with Gasteiger partial charge in [0.05, 0.1) is 5.69 Å². The van der Waals surface area contributed by atoms with Crippen LogP contribution in [0.25, 0.3) is 0 Å². The fraction of sp³-hybridized carbons (Fsp3) is 0.786. The second-order valence-electron chi connectivity index (χ2n) is 6.66. The summed E-state index contributed by atoms with van der Waals surface area (Å²) in [6.45, 7) is 15.3. The van der Waals surface area contributed by atoms with E-state index in [2.05, 4.69) is 53.0 Å². The van der Waals surface area contributed by atoms with Crippen molar-refractivity contribution in [2.24, 2.45) is 5.41 Å². The third-order valence-electron chi connectivity index (χ3n) is 2.78. The van der Waals surface area contributed by atoms with E-state index in [1.807, 2.05) is 0 Å². The molecule has 0 bridgehead atoms. The summed E-state index contributed by atoms with van der Waals surface area (Å²) < 4.78 is 2.17. The van der Waals surface area contributed by atoms with Gasteiger partial charge in [-0.1, -0.05) is 34.6 Å². The van der Waals surface area contributed by atoms with Gasteiger partial charge in [-0.3, -0.25) is 0 Å². The Morgan fingerprint density at radius 1 is 1.18 bits per heavy atom. The molecule has 2 N–H and O–H groups in total. The van der Waals surface area contributed by atoms with Gasteiger partial charge in [-0.05, 0) is 25.7 Å². The first-order chi connectivity index (χ1) is 7.63. The molecule has 1 rings (SSSR count). The monoisotopic (exact) mass is 237 g/mol. The molecule has 0 aliphatic rings. The fourth-order valence-electron chi connectivity index (χ4n) is 2.09. The minimum absolute atomic E-state index is 0.221. The molecule has 0 unspecified atom stereocenters. The van der Waals surface area contributed by atoms with Crippen LogP contribution in [-0.4, -0.2) is 9.55 Å². The van der Waals surface area contributed by atoms with Crippen molar-refractivity contribution in [3.05, 3.63) is 11.5 Å². The zero-order valence-electron chi connectivity index (χ0n) is 12.3. The molecule has 0 fully saturated rings. The maximum Gasteiger partial charge on any atom is 0.127 e. The highest BCUT2D eigenvalue weighted by atomic mass is 15.2. The molecular weight excluding hydrogens is 210 g/mol. The summed E-state index contributed by atoms with van der Waals surface area (Å²) in [5, 5.41) is 0. The zero-order chi connectivity index (χ0) is 13.4. The number of anilines is 1. The number of aromatic nitrogens is 2. The molecule has 1 heterocycles. The van der Waals surface area contributed by atoms with E-state index in [1.54, 1.807) is 0 Å². The number of rotatable bonds is 3. The molecule has 0 saturated carbocycles. The Kier molecular flexibility index (Phi) is 3.90. The lowest BCUT2D eigenvalue weighted by Crippen LogP contribution is -2.13. The molecule has 0 spiro atoms. The highest BCUT2D eigenvalue weighted by Crippen LogP contribution is 2.29. The molecule has 3 nitrogen and oxygen atoms in total. The predicted octanol–water partition coefficient (Wildman–Crippen LogP) is 3.76. The van der Waals surface area contributed by atoms with Crippen molar-refractivity contribution in [1.29, 1.82) is 0 Å². The molecule has 1 aromatic heterocycles. The molecule has 17 heavy (non-hydrogen) atoms. The van der Waals surface area contributed by atoms with Gasteiger partial charge < -0.3 is 10.3 Å². The Bertz CT molecular complexity index is 381. The van der Waals surface area contributed by atoms with Gasteiger partial charge in [0.25, 0.3) is 0 Å². The van der Waals surface area contributed by atoms with E-state index in [0.717, 1.165) is 23.8 Å². The smallest absolute Gasteiger partial charge is 0.127 e. The standard InChI is InChI=1S/C14H27N3/c1-9(2)13-16-11(8-14(5,6)7)12(15)17(13)10(3)4/h9-10H,8,15H2,1-7H3. The molecule has 0 amide bonds. The Morgan fingerprint density at radius 2 is 1.71 bits per heavy atom. The molecule has 0 aliphatic heterocycles. The Labute approximate surface area is 105 Å². The highest BCUT2D eigenvalue weighted by molar-refractivity contribution is 5.40. The second-order valence-corrected chi connectivity index (χ2v) is 6.66. The van der Waals surface area contributed by atoms with Gasteiger partial charge in [0, 0.05) is 12.0 Å². The van der Waals surface area contributed by atoms with E-state index in [0.29, 0.717) is 12.0 Å². The van der Waals surface area contributed by atoms with Crippen molar-refractivity contribution in [3.8, 4) is 0 Å². The van der Waals surface area contributed by atoms with Gasteiger partial charge in [-0.15, -0.1) is 0 Å². The average Bonchev–Trinajstić information content (AvgIpc) is 2.41. The van der Waals surface area contributed by atoms with E-state index in [1.165, 1.54) is 0 Å². The van der Waals surface area contributed by atoms with Crippen LogP contribution >= 0.6 is 0 Å². The van der Waals surface area contributed by atoms with Crippen LogP contribution in [0.1, 0.15) is 71.9 Å². The van der Waals surface area contributed by atoms with Gasteiger partial charge in [0.15, 0.2) is 0 Å². The normalized spacial score (nSPS) is 12.8. The largest absolute Gasteiger partial charge is 0.384 e. The SMILES string of the molecule is CC(C)c1nc(CC(C)(C)C)c(N)n1C(C)C. The number of nitrogen functional groups attached to an aromatic ring is 1. The molecular formula is C14H27N3. The van der Waals surface area contributed by atoms with Gasteiger partial charge in [0.2, 0.25) is 0 Å². The Morgan fingerprint density at radius 3 is 2.00 bits per heavy atom. The molecule has 0 aromatic carbocycles. The Balaban J connectivity index is 3.22. The van der Waals surface area contributed by atoms with Crippen LogP contribution in [0.2, 0.25) is 0 Å². The lowest BCUT2D eigenvalue weighted by molar-refractivity contribution is 0.407. The first kappa shape index (κ1) is 14.1. The van der Waals surface area contributed by atoms with Crippen LogP contribution in [0, 0.1) is 5.41 Å². The van der Waals surface area contributed by atoms with Crippen LogP contribution in [0.4, 0.5) is 5.82 Å². The summed E-state index contributed by atoms with van der Waals surface area (Å²) in [5.74, 6) is 2.36. The van der Waals surface area contributed by atoms with Crippen LogP contribution in [0.15, 0.2) is 0 Å². The first-order valence-electron chi connectivity index (χ1n) is 6.50. The van der Waals surface area contributed by atoms with Crippen LogP contribution in [0.5, 0.6) is 0 Å². The molecule has 0 saturated heterocycles. The van der Waals surface area contributed by atoms with Crippen molar-refractivity contribution in [3.63, 3.8) is 0 Å². The third kappa shape index (κ3) is 3.24. The zero-order valence-corrected chi connectivity index (χ0v) is 12.3. The maximum absolute atomic E-state index is 6.25. The van der Waals surface area contributed by atoms with Crippen LogP contribution < -0.4 is 5.73 Å². The lowest BCUT2D eigenvalue weighted by Gasteiger charge is -2.17. The number of nitrogens with two attached hydrogens (primary N) is 1. The predicted molar refractivity (Wildman–Crippen MR) is 74.3 cm³/mol. The van der Waals surface area contributed by atoms with Gasteiger partial charge in [0.1, 0.15) is 11.6 Å². The van der Waals surface area contributed by atoms with E-state index in [-0.39, 0.29) is 5.41 Å². The maximum atomic E-state index is 6.25. The van der Waals surface area contributed by atoms with Crippen molar-refractivity contribution in [1.82, 2.24) is 9.55 Å². The van der Waals surface area contributed by atoms with Crippen molar-refractivity contribution >= 4 is 5.82 Å². The highest BCUT2D eigenvalue weighted by Gasteiger charge is 2.22. The average molecular weight is 237 g/mol. The summed E-state index contributed by atoms with van der Waals surface area (Å²) in [6, 6.07) is 0.369.